The van der Waals surface area contributed by atoms with Gasteiger partial charge in [-0.2, -0.15) is 0 Å². The van der Waals surface area contributed by atoms with Crippen LogP contribution in [0.5, 0.6) is 0 Å². The van der Waals surface area contributed by atoms with Crippen molar-refractivity contribution < 1.29 is 5.11 Å². The van der Waals surface area contributed by atoms with Crippen LogP contribution in [0.15, 0.2) is 15.9 Å². The number of unbranched alkanes of at least 4 members (excludes halogenated alkanes) is 15. The predicted octanol–water partition coefficient (Wildman–Crippen LogP) is 5.55. The molecule has 0 aliphatic carbocycles. The van der Waals surface area contributed by atoms with Gasteiger partial charge in [-0.1, -0.05) is 110 Å². The highest BCUT2D eigenvalue weighted by molar-refractivity contribution is 5.69. The van der Waals surface area contributed by atoms with E-state index < -0.39 is 0 Å². The number of fused-ring (bicyclic) bond motifs is 1. The number of aryl methyl sites for hydroxylation is 2. The molecule has 218 valence electrons. The van der Waals surface area contributed by atoms with Gasteiger partial charge in [-0.05, 0) is 19.3 Å². The maximum absolute atomic E-state index is 12.7. The van der Waals surface area contributed by atoms with Crippen molar-refractivity contribution in [1.29, 1.82) is 0 Å². The van der Waals surface area contributed by atoms with Gasteiger partial charge in [0.15, 0.2) is 11.2 Å². The lowest BCUT2D eigenvalue weighted by Gasteiger charge is -2.18. The van der Waals surface area contributed by atoms with Gasteiger partial charge in [0.25, 0.3) is 5.56 Å². The standard InChI is InChI=1S/C30H55N5O3/c1-4-5-6-7-8-9-10-12-15-18-21-25(31)26(36)22-19-16-13-11-14-17-20-23-35-29(37)27-28(32-24-33(27)2)34(3)30(35)38/h24-26,36H,4-23,31H2,1-3H3. The third-order valence-corrected chi connectivity index (χ3v) is 7.97. The largest absolute Gasteiger partial charge is 0.392 e. The van der Waals surface area contributed by atoms with Gasteiger partial charge in [0.05, 0.1) is 12.4 Å². The normalized spacial score (nSPS) is 13.4. The number of nitrogens with two attached hydrogens (primary N) is 1. The lowest BCUT2D eigenvalue weighted by atomic mass is 9.98. The van der Waals surface area contributed by atoms with Gasteiger partial charge in [0.2, 0.25) is 0 Å². The van der Waals surface area contributed by atoms with E-state index in [9.17, 15) is 14.7 Å². The Bertz CT molecular complexity index is 1030. The van der Waals surface area contributed by atoms with E-state index in [1.54, 1.807) is 25.0 Å². The molecule has 3 N–H and O–H groups in total. The summed E-state index contributed by atoms with van der Waals surface area (Å²) in [6.45, 7) is 2.70. The Morgan fingerprint density at radius 3 is 1.87 bits per heavy atom. The number of rotatable bonds is 22. The Morgan fingerprint density at radius 2 is 1.29 bits per heavy atom. The number of aromatic nitrogens is 4. The van der Waals surface area contributed by atoms with Crippen molar-refractivity contribution in [2.75, 3.05) is 0 Å². The average molecular weight is 534 g/mol. The van der Waals surface area contributed by atoms with Crippen LogP contribution in [0.1, 0.15) is 129 Å². The van der Waals surface area contributed by atoms with Gasteiger partial charge in [-0.3, -0.25) is 13.9 Å². The maximum Gasteiger partial charge on any atom is 0.332 e. The minimum absolute atomic E-state index is 0.0919. The van der Waals surface area contributed by atoms with Crippen LogP contribution in [0.2, 0.25) is 0 Å². The smallest absolute Gasteiger partial charge is 0.332 e. The van der Waals surface area contributed by atoms with Gasteiger partial charge in [-0.15, -0.1) is 0 Å². The highest BCUT2D eigenvalue weighted by atomic mass is 16.3. The molecule has 2 unspecified atom stereocenters. The molecule has 8 nitrogen and oxygen atoms in total. The summed E-state index contributed by atoms with van der Waals surface area (Å²) in [4.78, 5) is 29.5. The molecule has 2 rings (SSSR count). The van der Waals surface area contributed by atoms with Gasteiger partial charge in [0, 0.05) is 26.7 Å². The Balaban J connectivity index is 1.47. The summed E-state index contributed by atoms with van der Waals surface area (Å²) in [5, 5.41) is 10.4. The van der Waals surface area contributed by atoms with E-state index in [-0.39, 0.29) is 23.4 Å². The SMILES string of the molecule is CCCCCCCCCCCCC(N)C(O)CCCCCCCCCn1c(=O)c2c(ncn2C)n(C)c1=O. The second-order valence-corrected chi connectivity index (χ2v) is 11.3. The number of nitrogens with zero attached hydrogens (tertiary/aromatic N) is 4. The second-order valence-electron chi connectivity index (χ2n) is 11.3. The van der Waals surface area contributed by atoms with Crippen LogP contribution in [0.3, 0.4) is 0 Å². The zero-order valence-electron chi connectivity index (χ0n) is 24.5. The molecule has 0 saturated carbocycles. The first-order chi connectivity index (χ1) is 18.4. The average Bonchev–Trinajstić information content (AvgIpc) is 3.30. The summed E-state index contributed by atoms with van der Waals surface area (Å²) < 4.78 is 4.47. The summed E-state index contributed by atoms with van der Waals surface area (Å²) in [6, 6.07) is -0.0919. The maximum atomic E-state index is 12.7. The lowest BCUT2D eigenvalue weighted by Crippen LogP contribution is -2.39. The Hall–Kier alpha value is -1.93. The Morgan fingerprint density at radius 1 is 0.789 bits per heavy atom. The van der Waals surface area contributed by atoms with Crippen molar-refractivity contribution in [2.45, 2.75) is 148 Å². The van der Waals surface area contributed by atoms with E-state index in [2.05, 4.69) is 11.9 Å². The highest BCUT2D eigenvalue weighted by Gasteiger charge is 2.15. The molecule has 0 aliphatic rings. The number of hydrogen-bond acceptors (Lipinski definition) is 5. The van der Waals surface area contributed by atoms with E-state index in [1.807, 2.05) is 0 Å². The minimum Gasteiger partial charge on any atom is -0.392 e. The first kappa shape index (κ1) is 32.3. The van der Waals surface area contributed by atoms with Gasteiger partial charge in [0.1, 0.15) is 0 Å². The van der Waals surface area contributed by atoms with Crippen LogP contribution in [-0.4, -0.2) is 35.9 Å². The number of aliphatic hydroxyl groups is 1. The van der Waals surface area contributed by atoms with Crippen molar-refractivity contribution in [3.05, 3.63) is 27.2 Å². The highest BCUT2D eigenvalue weighted by Crippen LogP contribution is 2.15. The van der Waals surface area contributed by atoms with E-state index in [0.29, 0.717) is 17.7 Å². The molecule has 0 amide bonds. The van der Waals surface area contributed by atoms with Crippen molar-refractivity contribution >= 4 is 11.2 Å². The number of aliphatic hydroxyl groups excluding tert-OH is 1. The fourth-order valence-corrected chi connectivity index (χ4v) is 5.37. The van der Waals surface area contributed by atoms with Crippen molar-refractivity contribution in [3.63, 3.8) is 0 Å². The van der Waals surface area contributed by atoms with E-state index in [4.69, 9.17) is 5.73 Å². The third kappa shape index (κ3) is 10.7. The van der Waals surface area contributed by atoms with Crippen LogP contribution < -0.4 is 17.0 Å². The molecule has 0 aliphatic heterocycles. The Kier molecular flexibility index (Phi) is 15.6. The summed E-state index contributed by atoms with van der Waals surface area (Å²) in [7, 11) is 3.44. The third-order valence-electron chi connectivity index (χ3n) is 7.97. The van der Waals surface area contributed by atoms with E-state index in [1.165, 1.54) is 66.9 Å². The minimum atomic E-state index is -0.383. The molecule has 0 saturated heterocycles. The molecule has 2 heterocycles. The molecule has 0 aromatic carbocycles. The molecule has 0 spiro atoms. The van der Waals surface area contributed by atoms with Crippen LogP contribution in [0.4, 0.5) is 0 Å². The van der Waals surface area contributed by atoms with Gasteiger partial charge < -0.3 is 15.4 Å². The van der Waals surface area contributed by atoms with Gasteiger partial charge >= 0.3 is 5.69 Å². The number of hydrogen-bond donors (Lipinski definition) is 2. The molecule has 0 fully saturated rings. The van der Waals surface area contributed by atoms with Crippen molar-refractivity contribution in [1.82, 2.24) is 18.7 Å². The molecule has 2 aromatic rings. The van der Waals surface area contributed by atoms with Crippen LogP contribution in [0.25, 0.3) is 11.2 Å². The van der Waals surface area contributed by atoms with Crippen molar-refractivity contribution in [2.24, 2.45) is 19.8 Å². The summed E-state index contributed by atoms with van der Waals surface area (Å²) in [6.07, 6.45) is 23.4. The molecule has 0 bridgehead atoms. The lowest BCUT2D eigenvalue weighted by molar-refractivity contribution is 0.126. The van der Waals surface area contributed by atoms with Crippen LogP contribution in [0, 0.1) is 0 Å². The zero-order valence-corrected chi connectivity index (χ0v) is 24.5. The van der Waals surface area contributed by atoms with Crippen LogP contribution in [-0.2, 0) is 20.6 Å². The first-order valence-electron chi connectivity index (χ1n) is 15.4. The van der Waals surface area contributed by atoms with Gasteiger partial charge in [-0.25, -0.2) is 9.78 Å². The summed E-state index contributed by atoms with van der Waals surface area (Å²) in [5.41, 5.74) is 6.58. The molecule has 38 heavy (non-hydrogen) atoms. The predicted molar refractivity (Wildman–Crippen MR) is 158 cm³/mol. The van der Waals surface area contributed by atoms with E-state index >= 15 is 0 Å². The van der Waals surface area contributed by atoms with E-state index in [0.717, 1.165) is 64.2 Å². The van der Waals surface area contributed by atoms with Crippen LogP contribution >= 0.6 is 0 Å². The fourth-order valence-electron chi connectivity index (χ4n) is 5.37. The number of imidazole rings is 1. The molecule has 2 atom stereocenters. The quantitative estimate of drug-likeness (QED) is 0.193. The molecule has 0 radical (unpaired) electrons. The summed E-state index contributed by atoms with van der Waals surface area (Å²) in [5.74, 6) is 0. The topological polar surface area (TPSA) is 108 Å². The summed E-state index contributed by atoms with van der Waals surface area (Å²) >= 11 is 0. The molecular weight excluding hydrogens is 478 g/mol. The zero-order chi connectivity index (χ0) is 27.8. The second kappa shape index (κ2) is 18.4. The first-order valence-corrected chi connectivity index (χ1v) is 15.4. The monoisotopic (exact) mass is 533 g/mol. The molecular formula is C30H55N5O3. The molecule has 8 heteroatoms. The van der Waals surface area contributed by atoms with Crippen molar-refractivity contribution in [3.8, 4) is 0 Å². The fraction of sp³-hybridized carbons (Fsp3) is 0.833. The molecule has 2 aromatic heterocycles. The Labute approximate surface area is 229 Å².